The maximum Gasteiger partial charge on any atom is 0.238 e. The van der Waals surface area contributed by atoms with Crippen LogP contribution in [0.3, 0.4) is 0 Å². The van der Waals surface area contributed by atoms with Gasteiger partial charge in [0.05, 0.1) is 6.54 Å². The first-order chi connectivity index (χ1) is 11.6. The van der Waals surface area contributed by atoms with Crippen molar-refractivity contribution in [2.24, 2.45) is 0 Å². The Labute approximate surface area is 148 Å². The van der Waals surface area contributed by atoms with E-state index in [9.17, 15) is 4.79 Å². The predicted molar refractivity (Wildman–Crippen MR) is 102 cm³/mol. The number of amides is 1. The van der Waals surface area contributed by atoms with Crippen molar-refractivity contribution in [3.8, 4) is 0 Å². The summed E-state index contributed by atoms with van der Waals surface area (Å²) < 4.78 is 0. The normalized spacial score (nSPS) is 18.9. The van der Waals surface area contributed by atoms with E-state index < -0.39 is 0 Å². The highest BCUT2D eigenvalue weighted by Crippen LogP contribution is 2.32. The third kappa shape index (κ3) is 3.55. The number of nitrogens with zero attached hydrogens (tertiary/aromatic N) is 1. The summed E-state index contributed by atoms with van der Waals surface area (Å²) >= 11 is 1.83. The van der Waals surface area contributed by atoms with Crippen LogP contribution in [0.4, 0.5) is 5.69 Å². The molecule has 1 N–H and O–H groups in total. The van der Waals surface area contributed by atoms with Crippen LogP contribution in [0.2, 0.25) is 0 Å². The number of hydrogen-bond acceptors (Lipinski definition) is 3. The molecular formula is C20H26N2OS. The van der Waals surface area contributed by atoms with Gasteiger partial charge in [-0.2, -0.15) is 0 Å². The van der Waals surface area contributed by atoms with E-state index in [2.05, 4.69) is 48.5 Å². The van der Waals surface area contributed by atoms with Crippen molar-refractivity contribution in [1.29, 1.82) is 0 Å². The summed E-state index contributed by atoms with van der Waals surface area (Å²) in [4.78, 5) is 16.3. The van der Waals surface area contributed by atoms with Crippen LogP contribution in [0.25, 0.3) is 0 Å². The average Bonchev–Trinajstić information content (AvgIpc) is 3.06. The van der Waals surface area contributed by atoms with Crippen LogP contribution in [0.5, 0.6) is 0 Å². The van der Waals surface area contributed by atoms with Gasteiger partial charge in [0, 0.05) is 23.2 Å². The molecule has 1 aliphatic heterocycles. The van der Waals surface area contributed by atoms with Gasteiger partial charge in [-0.1, -0.05) is 32.0 Å². The summed E-state index contributed by atoms with van der Waals surface area (Å²) in [7, 11) is 0. The van der Waals surface area contributed by atoms with Gasteiger partial charge in [-0.25, -0.2) is 0 Å². The molecule has 2 heterocycles. The molecule has 3 rings (SSSR count). The number of benzene rings is 1. The molecule has 3 nitrogen and oxygen atoms in total. The first kappa shape index (κ1) is 17.2. The maximum absolute atomic E-state index is 12.6. The molecule has 2 aromatic rings. The van der Waals surface area contributed by atoms with E-state index in [1.807, 2.05) is 29.5 Å². The Kier molecular flexibility index (Phi) is 5.36. The zero-order valence-electron chi connectivity index (χ0n) is 14.7. The number of rotatable bonds is 5. The van der Waals surface area contributed by atoms with Gasteiger partial charge in [-0.05, 0) is 54.3 Å². The maximum atomic E-state index is 12.6. The molecule has 2 atom stereocenters. The molecule has 24 heavy (non-hydrogen) atoms. The number of fused-ring (bicyclic) bond motifs is 1. The van der Waals surface area contributed by atoms with Gasteiger partial charge in [0.2, 0.25) is 5.91 Å². The average molecular weight is 343 g/mol. The SMILES string of the molecule is CC[C@@H](C)c1ccccc1NC(=O)CN1CCc2sccc2[C@H]1C. The number of para-hydroxylation sites is 1. The Balaban J connectivity index is 1.67. The molecule has 0 unspecified atom stereocenters. The smallest absolute Gasteiger partial charge is 0.238 e. The molecule has 1 aliphatic rings. The van der Waals surface area contributed by atoms with Crippen molar-refractivity contribution in [2.75, 3.05) is 18.4 Å². The van der Waals surface area contributed by atoms with E-state index in [1.165, 1.54) is 16.0 Å². The molecule has 0 aliphatic carbocycles. The van der Waals surface area contributed by atoms with Gasteiger partial charge < -0.3 is 5.32 Å². The third-order valence-corrected chi connectivity index (χ3v) is 6.13. The number of thiophene rings is 1. The molecule has 1 aromatic carbocycles. The third-order valence-electron chi connectivity index (χ3n) is 5.13. The molecule has 0 fully saturated rings. The monoisotopic (exact) mass is 342 g/mol. The second-order valence-electron chi connectivity index (χ2n) is 6.64. The van der Waals surface area contributed by atoms with Crippen LogP contribution in [0.1, 0.15) is 55.2 Å². The largest absolute Gasteiger partial charge is 0.325 e. The Morgan fingerprint density at radius 3 is 2.96 bits per heavy atom. The minimum Gasteiger partial charge on any atom is -0.325 e. The van der Waals surface area contributed by atoms with Crippen LogP contribution < -0.4 is 5.32 Å². The minimum atomic E-state index is 0.0799. The molecule has 0 bridgehead atoms. The number of carbonyl (C=O) groups is 1. The zero-order chi connectivity index (χ0) is 17.1. The van der Waals surface area contributed by atoms with Gasteiger partial charge in [0.25, 0.3) is 0 Å². The molecule has 0 spiro atoms. The van der Waals surface area contributed by atoms with E-state index in [0.29, 0.717) is 18.5 Å². The first-order valence-electron chi connectivity index (χ1n) is 8.79. The van der Waals surface area contributed by atoms with E-state index >= 15 is 0 Å². The fourth-order valence-electron chi connectivity index (χ4n) is 3.41. The van der Waals surface area contributed by atoms with Crippen LogP contribution in [-0.2, 0) is 11.2 Å². The molecule has 1 amide bonds. The molecule has 0 saturated carbocycles. The Hall–Kier alpha value is -1.65. The lowest BCUT2D eigenvalue weighted by Crippen LogP contribution is -2.39. The lowest BCUT2D eigenvalue weighted by Gasteiger charge is -2.33. The number of hydrogen-bond donors (Lipinski definition) is 1. The zero-order valence-corrected chi connectivity index (χ0v) is 15.5. The molecule has 4 heteroatoms. The van der Waals surface area contributed by atoms with Crippen molar-refractivity contribution in [3.63, 3.8) is 0 Å². The Morgan fingerprint density at radius 1 is 1.38 bits per heavy atom. The number of carbonyl (C=O) groups excluding carboxylic acids is 1. The fourth-order valence-corrected chi connectivity index (χ4v) is 4.37. The standard InChI is InChI=1S/C20H26N2OS/c1-4-14(2)16-7-5-6-8-18(16)21-20(23)13-22-11-9-19-17(15(22)3)10-12-24-19/h5-8,10,12,14-15H,4,9,11,13H2,1-3H3,(H,21,23)/t14-,15-/m1/s1. The van der Waals surface area contributed by atoms with E-state index in [-0.39, 0.29) is 5.91 Å². The van der Waals surface area contributed by atoms with Crippen LogP contribution >= 0.6 is 11.3 Å². The number of nitrogens with one attached hydrogen (secondary N) is 1. The summed E-state index contributed by atoms with van der Waals surface area (Å²) in [5.41, 5.74) is 3.57. The first-order valence-corrected chi connectivity index (χ1v) is 9.67. The van der Waals surface area contributed by atoms with Gasteiger partial charge in [0.15, 0.2) is 0 Å². The topological polar surface area (TPSA) is 32.3 Å². The summed E-state index contributed by atoms with van der Waals surface area (Å²) in [6, 6.07) is 10.7. The highest BCUT2D eigenvalue weighted by Gasteiger charge is 2.26. The highest BCUT2D eigenvalue weighted by molar-refractivity contribution is 7.10. The second-order valence-corrected chi connectivity index (χ2v) is 7.64. The molecular weight excluding hydrogens is 316 g/mol. The summed E-state index contributed by atoms with van der Waals surface area (Å²) in [5.74, 6) is 0.528. The summed E-state index contributed by atoms with van der Waals surface area (Å²) in [6.45, 7) is 7.98. The molecule has 0 radical (unpaired) electrons. The Bertz CT molecular complexity index is 709. The van der Waals surface area contributed by atoms with E-state index in [1.54, 1.807) is 0 Å². The molecule has 1 aromatic heterocycles. The van der Waals surface area contributed by atoms with Gasteiger partial charge >= 0.3 is 0 Å². The lowest BCUT2D eigenvalue weighted by atomic mass is 9.97. The van der Waals surface area contributed by atoms with Crippen molar-refractivity contribution in [1.82, 2.24) is 4.90 Å². The van der Waals surface area contributed by atoms with Crippen LogP contribution in [0.15, 0.2) is 35.7 Å². The minimum absolute atomic E-state index is 0.0799. The molecule has 0 saturated heterocycles. The van der Waals surface area contributed by atoms with E-state index in [4.69, 9.17) is 0 Å². The fraction of sp³-hybridized carbons (Fsp3) is 0.450. The van der Waals surface area contributed by atoms with Gasteiger partial charge in [0.1, 0.15) is 0 Å². The highest BCUT2D eigenvalue weighted by atomic mass is 32.1. The van der Waals surface area contributed by atoms with Gasteiger partial charge in [-0.15, -0.1) is 11.3 Å². The van der Waals surface area contributed by atoms with E-state index in [0.717, 1.165) is 25.1 Å². The number of anilines is 1. The predicted octanol–water partition coefficient (Wildman–Crippen LogP) is 4.82. The summed E-state index contributed by atoms with van der Waals surface area (Å²) in [6.07, 6.45) is 2.12. The Morgan fingerprint density at radius 2 is 2.17 bits per heavy atom. The second kappa shape index (κ2) is 7.49. The van der Waals surface area contributed by atoms with Crippen LogP contribution in [0, 0.1) is 0 Å². The van der Waals surface area contributed by atoms with Crippen molar-refractivity contribution < 1.29 is 4.79 Å². The van der Waals surface area contributed by atoms with Crippen molar-refractivity contribution in [2.45, 2.75) is 45.6 Å². The summed E-state index contributed by atoms with van der Waals surface area (Å²) in [5, 5.41) is 5.29. The van der Waals surface area contributed by atoms with Crippen LogP contribution in [-0.4, -0.2) is 23.9 Å². The van der Waals surface area contributed by atoms with Crippen molar-refractivity contribution in [3.05, 3.63) is 51.7 Å². The lowest BCUT2D eigenvalue weighted by molar-refractivity contribution is -0.117. The van der Waals surface area contributed by atoms with Gasteiger partial charge in [-0.3, -0.25) is 9.69 Å². The molecule has 128 valence electrons. The quantitative estimate of drug-likeness (QED) is 0.845. The van der Waals surface area contributed by atoms with Crippen molar-refractivity contribution >= 4 is 22.9 Å².